The maximum Gasteiger partial charge on any atom is 0.241 e. The molecule has 2 aromatic rings. The van der Waals surface area contributed by atoms with E-state index in [0.717, 1.165) is 0 Å². The van der Waals surface area contributed by atoms with Crippen LogP contribution in [0.25, 0.3) is 6.08 Å². The van der Waals surface area contributed by atoms with Gasteiger partial charge in [-0.1, -0.05) is 0 Å². The van der Waals surface area contributed by atoms with Crippen LogP contribution in [0, 0.1) is 0 Å². The number of hydrogen-bond donors (Lipinski definition) is 1. The van der Waals surface area contributed by atoms with Gasteiger partial charge >= 0.3 is 0 Å². The molecule has 0 fully saturated rings. The first-order valence-corrected chi connectivity index (χ1v) is 5.58. The van der Waals surface area contributed by atoms with Crippen molar-refractivity contribution in [2.45, 2.75) is 10.2 Å². The van der Waals surface area contributed by atoms with Crippen LogP contribution in [-0.2, 0) is 4.79 Å². The highest BCUT2D eigenvalue weighted by atomic mass is 32.2. The molecule has 2 heterocycles. The fourth-order valence-electron chi connectivity index (χ4n) is 1.07. The smallest absolute Gasteiger partial charge is 0.241 e. The molecule has 0 unspecified atom stereocenters. The van der Waals surface area contributed by atoms with Gasteiger partial charge in [0, 0.05) is 18.5 Å². The molecule has 0 aliphatic rings. The third-order valence-corrected chi connectivity index (χ3v) is 2.56. The highest BCUT2D eigenvalue weighted by Crippen LogP contribution is 2.26. The Labute approximate surface area is 102 Å². The molecular formula is C11H9N3O2S. The predicted octanol–water partition coefficient (Wildman–Crippen LogP) is 1.72. The van der Waals surface area contributed by atoms with Crippen molar-refractivity contribution >= 4 is 23.7 Å². The molecule has 86 valence electrons. The van der Waals surface area contributed by atoms with Gasteiger partial charge in [0.15, 0.2) is 10.2 Å². The second kappa shape index (κ2) is 5.31. The molecule has 0 aliphatic heterocycles. The lowest BCUT2D eigenvalue weighted by atomic mass is 10.4. The molecule has 0 aromatic carbocycles. The summed E-state index contributed by atoms with van der Waals surface area (Å²) in [5.74, 6) is 0.0456. The summed E-state index contributed by atoms with van der Waals surface area (Å²) in [5.41, 5.74) is 4.98. The number of hydrogen-bond acceptors (Lipinski definition) is 5. The average molecular weight is 247 g/mol. The van der Waals surface area contributed by atoms with Crippen molar-refractivity contribution in [2.24, 2.45) is 5.73 Å². The zero-order valence-corrected chi connectivity index (χ0v) is 9.55. The van der Waals surface area contributed by atoms with E-state index in [2.05, 4.69) is 9.97 Å². The van der Waals surface area contributed by atoms with Crippen LogP contribution in [0.4, 0.5) is 0 Å². The van der Waals surface area contributed by atoms with Crippen molar-refractivity contribution in [3.05, 3.63) is 42.4 Å². The minimum absolute atomic E-state index is 0.512. The number of amides is 1. The van der Waals surface area contributed by atoms with E-state index in [0.29, 0.717) is 16.0 Å². The van der Waals surface area contributed by atoms with E-state index in [1.807, 2.05) is 0 Å². The van der Waals surface area contributed by atoms with E-state index < -0.39 is 5.91 Å². The molecule has 17 heavy (non-hydrogen) atoms. The third-order valence-electron chi connectivity index (χ3n) is 1.75. The van der Waals surface area contributed by atoms with Crippen molar-refractivity contribution in [3.63, 3.8) is 0 Å². The van der Waals surface area contributed by atoms with Gasteiger partial charge in [0.05, 0.1) is 0 Å². The number of nitrogens with two attached hydrogens (primary N) is 1. The van der Waals surface area contributed by atoms with E-state index in [9.17, 15) is 4.79 Å². The number of aromatic nitrogens is 2. The summed E-state index contributed by atoms with van der Waals surface area (Å²) >= 11 is 1.30. The highest BCUT2D eigenvalue weighted by molar-refractivity contribution is 7.99. The summed E-state index contributed by atoms with van der Waals surface area (Å²) in [6.45, 7) is 0. The van der Waals surface area contributed by atoms with E-state index in [1.54, 1.807) is 30.6 Å². The number of furan rings is 1. The minimum Gasteiger partial charge on any atom is -0.450 e. The van der Waals surface area contributed by atoms with Gasteiger partial charge in [-0.25, -0.2) is 9.97 Å². The Hall–Kier alpha value is -2.08. The number of carbonyl (C=O) groups is 1. The quantitative estimate of drug-likeness (QED) is 0.657. The van der Waals surface area contributed by atoms with Gasteiger partial charge in [0.1, 0.15) is 5.76 Å². The molecular weight excluding hydrogens is 238 g/mol. The van der Waals surface area contributed by atoms with E-state index in [4.69, 9.17) is 10.2 Å². The topological polar surface area (TPSA) is 82.0 Å². The summed E-state index contributed by atoms with van der Waals surface area (Å²) in [4.78, 5) is 18.7. The average Bonchev–Trinajstić information content (AvgIpc) is 2.75. The predicted molar refractivity (Wildman–Crippen MR) is 63.1 cm³/mol. The van der Waals surface area contributed by atoms with Crippen molar-refractivity contribution in [3.8, 4) is 0 Å². The summed E-state index contributed by atoms with van der Waals surface area (Å²) in [5, 5.41) is 1.26. The summed E-state index contributed by atoms with van der Waals surface area (Å²) in [7, 11) is 0. The lowest BCUT2D eigenvalue weighted by molar-refractivity contribution is -0.113. The monoisotopic (exact) mass is 247 g/mol. The Bertz CT molecular complexity index is 537. The summed E-state index contributed by atoms with van der Waals surface area (Å²) < 4.78 is 5.43. The first-order valence-electron chi connectivity index (χ1n) is 4.76. The van der Waals surface area contributed by atoms with E-state index in [-0.39, 0.29) is 0 Å². The van der Waals surface area contributed by atoms with Crippen LogP contribution >= 0.6 is 11.8 Å². The molecule has 2 aromatic heterocycles. The molecule has 2 N–H and O–H groups in total. The van der Waals surface area contributed by atoms with Gasteiger partial charge in [-0.05, 0) is 36.0 Å². The minimum atomic E-state index is -0.512. The molecule has 0 atom stereocenters. The Morgan fingerprint density at radius 2 is 2.12 bits per heavy atom. The maximum absolute atomic E-state index is 10.5. The van der Waals surface area contributed by atoms with Crippen LogP contribution in [0.1, 0.15) is 5.76 Å². The Morgan fingerprint density at radius 1 is 1.35 bits per heavy atom. The lowest BCUT2D eigenvalue weighted by Gasteiger charge is -1.93. The standard InChI is InChI=1S/C11H9N3O2S/c12-9(15)4-2-8-3-5-10(16-8)17-11-13-6-1-7-14-11/h1-7H,(H2,12,15)/b4-2-. The zero-order chi connectivity index (χ0) is 12.1. The van der Waals surface area contributed by atoms with Crippen LogP contribution in [-0.4, -0.2) is 15.9 Å². The lowest BCUT2D eigenvalue weighted by Crippen LogP contribution is -2.04. The third kappa shape index (κ3) is 3.46. The van der Waals surface area contributed by atoms with Crippen LogP contribution < -0.4 is 5.73 Å². The normalized spacial score (nSPS) is 10.8. The highest BCUT2D eigenvalue weighted by Gasteiger charge is 2.04. The van der Waals surface area contributed by atoms with Gasteiger partial charge in [-0.2, -0.15) is 0 Å². The van der Waals surface area contributed by atoms with E-state index >= 15 is 0 Å². The molecule has 0 radical (unpaired) electrons. The van der Waals surface area contributed by atoms with E-state index in [1.165, 1.54) is 23.9 Å². The fourth-order valence-corrected chi connectivity index (χ4v) is 1.75. The summed E-state index contributed by atoms with van der Waals surface area (Å²) in [6.07, 6.45) is 6.07. The molecule has 1 amide bonds. The second-order valence-electron chi connectivity index (χ2n) is 3.03. The number of rotatable bonds is 4. The van der Waals surface area contributed by atoms with Gasteiger partial charge in [-0.15, -0.1) is 0 Å². The van der Waals surface area contributed by atoms with Crippen LogP contribution in [0.2, 0.25) is 0 Å². The Kier molecular flexibility index (Phi) is 3.56. The molecule has 0 saturated heterocycles. The molecule has 0 aliphatic carbocycles. The largest absolute Gasteiger partial charge is 0.450 e. The van der Waals surface area contributed by atoms with Crippen LogP contribution in [0.15, 0.2) is 51.3 Å². The SMILES string of the molecule is NC(=O)/C=C\c1ccc(Sc2ncccn2)o1. The van der Waals surface area contributed by atoms with Gasteiger partial charge < -0.3 is 10.2 Å². The zero-order valence-electron chi connectivity index (χ0n) is 8.74. The van der Waals surface area contributed by atoms with Crippen molar-refractivity contribution < 1.29 is 9.21 Å². The van der Waals surface area contributed by atoms with Crippen molar-refractivity contribution in [1.82, 2.24) is 9.97 Å². The van der Waals surface area contributed by atoms with Gasteiger partial charge in [0.25, 0.3) is 0 Å². The van der Waals surface area contributed by atoms with Gasteiger partial charge in [-0.3, -0.25) is 4.79 Å². The first kappa shape index (κ1) is 11.4. The first-order chi connectivity index (χ1) is 8.24. The number of primary amides is 1. The molecule has 0 bridgehead atoms. The fraction of sp³-hybridized carbons (Fsp3) is 0. The molecule has 0 spiro atoms. The van der Waals surface area contributed by atoms with Gasteiger partial charge in [0.2, 0.25) is 5.91 Å². The number of carbonyl (C=O) groups excluding carboxylic acids is 1. The Morgan fingerprint density at radius 3 is 2.82 bits per heavy atom. The molecule has 6 heteroatoms. The number of nitrogens with zero attached hydrogens (tertiary/aromatic N) is 2. The van der Waals surface area contributed by atoms with Crippen LogP contribution in [0.3, 0.4) is 0 Å². The maximum atomic E-state index is 10.5. The van der Waals surface area contributed by atoms with Crippen molar-refractivity contribution in [1.29, 1.82) is 0 Å². The molecule has 0 saturated carbocycles. The second-order valence-corrected chi connectivity index (χ2v) is 4.00. The molecule has 5 nitrogen and oxygen atoms in total. The molecule has 2 rings (SSSR count). The van der Waals surface area contributed by atoms with Crippen LogP contribution in [0.5, 0.6) is 0 Å². The Balaban J connectivity index is 2.06. The van der Waals surface area contributed by atoms with Crippen molar-refractivity contribution in [2.75, 3.05) is 0 Å². The summed E-state index contributed by atoms with van der Waals surface area (Å²) in [6, 6.07) is 5.26.